The van der Waals surface area contributed by atoms with E-state index in [1.54, 1.807) is 16.7 Å². The van der Waals surface area contributed by atoms with E-state index >= 15 is 0 Å². The van der Waals surface area contributed by atoms with Gasteiger partial charge in [-0.2, -0.15) is 0 Å². The van der Waals surface area contributed by atoms with Gasteiger partial charge in [0.2, 0.25) is 5.91 Å². The Morgan fingerprint density at radius 1 is 1.63 bits per heavy atom. The summed E-state index contributed by atoms with van der Waals surface area (Å²) in [5.74, 6) is 0.625. The second-order valence-electron chi connectivity index (χ2n) is 5.19. The first-order valence-electron chi connectivity index (χ1n) is 6.48. The Hall–Kier alpha value is -0.810. The molecule has 2 saturated heterocycles. The Kier molecular flexibility index (Phi) is 4.36. The Morgan fingerprint density at radius 2 is 2.26 bits per heavy atom. The van der Waals surface area contributed by atoms with Crippen molar-refractivity contribution >= 4 is 17.7 Å². The molecule has 0 bridgehead atoms. The number of amides is 1. The van der Waals surface area contributed by atoms with Crippen LogP contribution in [0.1, 0.15) is 19.8 Å². The zero-order valence-electron chi connectivity index (χ0n) is 11.0. The van der Waals surface area contributed by atoms with Gasteiger partial charge in [-0.05, 0) is 19.8 Å². The predicted molar refractivity (Wildman–Crippen MR) is 74.2 cm³/mol. The second-order valence-corrected chi connectivity index (χ2v) is 6.59. The number of likely N-dealkylation sites (tertiary alicyclic amines) is 1. The smallest absolute Gasteiger partial charge is 0.287 e. The van der Waals surface area contributed by atoms with Gasteiger partial charge in [-0.25, -0.2) is 11.9 Å². The first-order chi connectivity index (χ1) is 8.97. The summed E-state index contributed by atoms with van der Waals surface area (Å²) in [6.07, 6.45) is 0.713. The molecule has 2 aliphatic rings. The number of carbonyl (C=O) groups excluding carboxylic acids is 1. The van der Waals surface area contributed by atoms with Crippen LogP contribution in [0.2, 0.25) is 0 Å². The Balaban J connectivity index is 1.90. The molecule has 2 aliphatic heterocycles. The molecule has 0 aliphatic carbocycles. The van der Waals surface area contributed by atoms with Crippen LogP contribution in [0.25, 0.3) is 4.85 Å². The molecular formula is C12H20N4O2S. The summed E-state index contributed by atoms with van der Waals surface area (Å²) in [6.45, 7) is 9.84. The van der Waals surface area contributed by atoms with Crippen LogP contribution in [0.4, 0.5) is 0 Å². The maximum Gasteiger partial charge on any atom is 0.287 e. The molecule has 3 atom stereocenters. The van der Waals surface area contributed by atoms with Crippen LogP contribution >= 0.6 is 11.8 Å². The maximum absolute atomic E-state index is 12.0. The third-order valence-corrected chi connectivity index (χ3v) is 5.35. The Morgan fingerprint density at radius 3 is 2.74 bits per heavy atom. The number of nitrogens with zero attached hydrogens (tertiary/aromatic N) is 2. The quantitative estimate of drug-likeness (QED) is 0.601. The number of hydrogen-bond acceptors (Lipinski definition) is 5. The number of thioether (sulfide) groups is 1. The van der Waals surface area contributed by atoms with Crippen LogP contribution in [0.5, 0.6) is 0 Å². The lowest BCUT2D eigenvalue weighted by atomic mass is 10.0. The minimum atomic E-state index is -0.839. The van der Waals surface area contributed by atoms with Gasteiger partial charge in [0.05, 0.1) is 16.7 Å². The first kappa shape index (κ1) is 14.6. The number of carbonyl (C=O) groups is 1. The predicted octanol–water partition coefficient (Wildman–Crippen LogP) is -0.405. The van der Waals surface area contributed by atoms with E-state index < -0.39 is 12.1 Å². The number of nitrogens with one attached hydrogen (secondary N) is 1. The molecule has 0 unspecified atom stereocenters. The van der Waals surface area contributed by atoms with Crippen molar-refractivity contribution in [3.63, 3.8) is 0 Å². The zero-order chi connectivity index (χ0) is 14.0. The summed E-state index contributed by atoms with van der Waals surface area (Å²) in [5.41, 5.74) is 5.68. The van der Waals surface area contributed by atoms with Crippen molar-refractivity contribution in [2.45, 2.75) is 42.9 Å². The number of aliphatic hydroxyl groups is 1. The monoisotopic (exact) mass is 284 g/mol. The normalized spacial score (nSPS) is 28.9. The number of aliphatic hydroxyl groups excluding tert-OH is 1. The summed E-state index contributed by atoms with van der Waals surface area (Å²) in [5, 5.41) is 12.7. The van der Waals surface area contributed by atoms with E-state index in [-0.39, 0.29) is 16.9 Å². The third-order valence-electron chi connectivity index (χ3n) is 3.79. The van der Waals surface area contributed by atoms with Gasteiger partial charge < -0.3 is 15.7 Å². The third kappa shape index (κ3) is 3.03. The van der Waals surface area contributed by atoms with Crippen molar-refractivity contribution in [3.05, 3.63) is 11.4 Å². The van der Waals surface area contributed by atoms with E-state index in [0.29, 0.717) is 13.1 Å². The molecule has 0 aromatic carbocycles. The molecule has 19 heavy (non-hydrogen) atoms. The van der Waals surface area contributed by atoms with Crippen LogP contribution in [-0.2, 0) is 4.79 Å². The molecule has 2 rings (SSSR count). The molecule has 106 valence electrons. The lowest BCUT2D eigenvalue weighted by Gasteiger charge is -2.39. The highest BCUT2D eigenvalue weighted by Crippen LogP contribution is 2.39. The fourth-order valence-electron chi connectivity index (χ4n) is 2.49. The van der Waals surface area contributed by atoms with Crippen LogP contribution in [-0.4, -0.2) is 57.9 Å². The van der Waals surface area contributed by atoms with Crippen LogP contribution < -0.4 is 11.1 Å². The fourth-order valence-corrected chi connectivity index (χ4v) is 3.81. The van der Waals surface area contributed by atoms with E-state index in [1.807, 2.05) is 0 Å². The van der Waals surface area contributed by atoms with Crippen molar-refractivity contribution < 1.29 is 9.90 Å². The molecule has 0 saturated carbocycles. The van der Waals surface area contributed by atoms with Crippen LogP contribution in [0.3, 0.4) is 0 Å². The van der Waals surface area contributed by atoms with Gasteiger partial charge in [-0.15, -0.1) is 11.8 Å². The van der Waals surface area contributed by atoms with Gasteiger partial charge in [0.25, 0.3) is 6.17 Å². The highest BCUT2D eigenvalue weighted by atomic mass is 32.2. The van der Waals surface area contributed by atoms with Crippen molar-refractivity contribution in [1.82, 2.24) is 10.2 Å². The SMILES string of the molecule is [C-]#[N+][C@@H]1CSC2(CCN(C(=O)[C@@H](N)[C@@H](C)O)CC2)N1. The summed E-state index contributed by atoms with van der Waals surface area (Å²) >= 11 is 1.78. The molecule has 2 fully saturated rings. The van der Waals surface area contributed by atoms with Crippen LogP contribution in [0.15, 0.2) is 0 Å². The topological polar surface area (TPSA) is 83.0 Å². The second kappa shape index (κ2) is 5.67. The average molecular weight is 284 g/mol. The molecule has 2 heterocycles. The number of piperidine rings is 1. The first-order valence-corrected chi connectivity index (χ1v) is 7.47. The molecule has 1 amide bonds. The standard InChI is InChI=1S/C12H20N4O2S/c1-8(17)10(13)11(18)16-5-3-12(4-6-16)15-9(14-2)7-19-12/h8-10,15,17H,3-7,13H2,1H3/t8-,9+,10+/m1/s1. The van der Waals surface area contributed by atoms with Crippen molar-refractivity contribution in [2.75, 3.05) is 18.8 Å². The number of hydrogen-bond donors (Lipinski definition) is 3. The van der Waals surface area contributed by atoms with Crippen LogP contribution in [0, 0.1) is 6.57 Å². The molecule has 6 nitrogen and oxygen atoms in total. The van der Waals surface area contributed by atoms with E-state index in [2.05, 4.69) is 10.2 Å². The lowest BCUT2D eigenvalue weighted by molar-refractivity contribution is -0.136. The van der Waals surface area contributed by atoms with Gasteiger partial charge in [0.1, 0.15) is 6.04 Å². The van der Waals surface area contributed by atoms with Crippen molar-refractivity contribution in [1.29, 1.82) is 0 Å². The minimum Gasteiger partial charge on any atom is -0.391 e. The largest absolute Gasteiger partial charge is 0.391 e. The van der Waals surface area contributed by atoms with Gasteiger partial charge in [0, 0.05) is 13.1 Å². The zero-order valence-corrected chi connectivity index (χ0v) is 11.8. The summed E-state index contributed by atoms with van der Waals surface area (Å²) < 4.78 is 0. The molecule has 7 heteroatoms. The maximum atomic E-state index is 12.0. The lowest BCUT2D eigenvalue weighted by Crippen LogP contribution is -2.56. The minimum absolute atomic E-state index is 0.0546. The molecule has 1 spiro atoms. The van der Waals surface area contributed by atoms with Gasteiger partial charge in [-0.3, -0.25) is 9.64 Å². The number of rotatable bonds is 2. The van der Waals surface area contributed by atoms with Crippen molar-refractivity contribution in [2.24, 2.45) is 5.73 Å². The molecule has 0 radical (unpaired) electrons. The van der Waals surface area contributed by atoms with E-state index in [1.165, 1.54) is 6.92 Å². The van der Waals surface area contributed by atoms with E-state index in [9.17, 15) is 9.90 Å². The highest BCUT2D eigenvalue weighted by Gasteiger charge is 2.45. The molecule has 0 aromatic rings. The highest BCUT2D eigenvalue weighted by molar-refractivity contribution is 8.00. The Bertz CT molecular complexity index is 388. The summed E-state index contributed by atoms with van der Waals surface area (Å²) in [4.78, 5) is 17.2. The summed E-state index contributed by atoms with van der Waals surface area (Å²) in [7, 11) is 0. The Labute approximate surface area is 117 Å². The number of nitrogens with two attached hydrogens (primary N) is 1. The van der Waals surface area contributed by atoms with Crippen molar-refractivity contribution in [3.8, 4) is 0 Å². The molecule has 0 aromatic heterocycles. The average Bonchev–Trinajstić information content (AvgIpc) is 2.81. The van der Waals surface area contributed by atoms with Gasteiger partial charge >= 0.3 is 0 Å². The molecular weight excluding hydrogens is 264 g/mol. The fraction of sp³-hybridized carbons (Fsp3) is 0.833. The molecule has 4 N–H and O–H groups in total. The van der Waals surface area contributed by atoms with E-state index in [0.717, 1.165) is 18.6 Å². The summed E-state index contributed by atoms with van der Waals surface area (Å²) in [6, 6.07) is -0.839. The van der Waals surface area contributed by atoms with Gasteiger partial charge in [0.15, 0.2) is 0 Å². The van der Waals surface area contributed by atoms with E-state index in [4.69, 9.17) is 12.3 Å². The van der Waals surface area contributed by atoms with Gasteiger partial charge in [-0.1, -0.05) is 0 Å².